The summed E-state index contributed by atoms with van der Waals surface area (Å²) < 4.78 is 0. The molecule has 0 heterocycles. The Bertz CT molecular complexity index is 641. The Balaban J connectivity index is 4.11. The number of guanidine groups is 1. The van der Waals surface area contributed by atoms with Crippen LogP contribution < -0.4 is 21.7 Å². The highest BCUT2D eigenvalue weighted by Crippen LogP contribution is 2.11. The van der Waals surface area contributed by atoms with Crippen LogP contribution in [0.2, 0.25) is 0 Å². The van der Waals surface area contributed by atoms with Crippen LogP contribution >= 0.6 is 0 Å². The van der Waals surface area contributed by atoms with Crippen molar-refractivity contribution in [3.63, 3.8) is 0 Å². The molecule has 0 spiro atoms. The van der Waals surface area contributed by atoms with Gasteiger partial charge >= 0.3 is 11.9 Å². The maximum Gasteiger partial charge on any atom is 0.326 e. The maximum absolute atomic E-state index is 12.4. The molecule has 11 nitrogen and oxygen atoms in total. The smallest absolute Gasteiger partial charge is 0.326 e. The van der Waals surface area contributed by atoms with Crippen molar-refractivity contribution in [2.75, 3.05) is 6.54 Å². The third kappa shape index (κ3) is 16.4. The first-order chi connectivity index (χ1) is 15.5. The van der Waals surface area contributed by atoms with Crippen molar-refractivity contribution in [1.29, 1.82) is 5.41 Å². The number of hydrogen-bond donors (Lipinski definition) is 7. The Morgan fingerprint density at radius 3 is 1.82 bits per heavy atom. The molecule has 0 rings (SSSR count). The molecule has 0 aromatic carbocycles. The highest BCUT2D eigenvalue weighted by atomic mass is 16.4. The second kappa shape index (κ2) is 17.7. The molecule has 0 aliphatic rings. The largest absolute Gasteiger partial charge is 0.481 e. The number of hydrogen-bond acceptors (Lipinski definition) is 5. The Labute approximate surface area is 195 Å². The van der Waals surface area contributed by atoms with E-state index in [1.165, 1.54) is 0 Å². The summed E-state index contributed by atoms with van der Waals surface area (Å²) in [6, 6.07) is -2.48. The van der Waals surface area contributed by atoms with E-state index in [9.17, 15) is 24.3 Å². The van der Waals surface area contributed by atoms with Crippen molar-refractivity contribution in [1.82, 2.24) is 16.0 Å². The van der Waals surface area contributed by atoms with Crippen LogP contribution in [-0.4, -0.2) is 58.6 Å². The van der Waals surface area contributed by atoms with Gasteiger partial charge in [-0.05, 0) is 18.8 Å². The molecule has 0 bridgehead atoms. The molecule has 0 aromatic rings. The van der Waals surface area contributed by atoms with E-state index in [1.807, 2.05) is 0 Å². The molecular formula is C22H41N5O6. The first kappa shape index (κ1) is 30.1. The average Bonchev–Trinajstić information content (AvgIpc) is 2.71. The molecule has 0 aliphatic carbocycles. The molecular weight excluding hydrogens is 430 g/mol. The van der Waals surface area contributed by atoms with Crippen molar-refractivity contribution in [3.05, 3.63) is 0 Å². The van der Waals surface area contributed by atoms with Gasteiger partial charge in [0.2, 0.25) is 11.8 Å². The number of rotatable bonds is 19. The minimum absolute atomic E-state index is 0.00214. The van der Waals surface area contributed by atoms with Crippen LogP contribution in [0, 0.1) is 11.3 Å². The van der Waals surface area contributed by atoms with E-state index in [-0.39, 0.29) is 12.4 Å². The van der Waals surface area contributed by atoms with E-state index in [2.05, 4.69) is 16.0 Å². The fourth-order valence-corrected chi connectivity index (χ4v) is 3.29. The van der Waals surface area contributed by atoms with Gasteiger partial charge in [0.25, 0.3) is 0 Å². The van der Waals surface area contributed by atoms with Gasteiger partial charge in [0.05, 0.1) is 6.42 Å². The zero-order valence-corrected chi connectivity index (χ0v) is 19.8. The predicted molar refractivity (Wildman–Crippen MR) is 125 cm³/mol. The summed E-state index contributed by atoms with van der Waals surface area (Å²) in [5, 5.41) is 32.8. The molecule has 0 saturated heterocycles. The van der Waals surface area contributed by atoms with Crippen molar-refractivity contribution < 1.29 is 29.4 Å². The van der Waals surface area contributed by atoms with E-state index < -0.39 is 48.2 Å². The lowest BCUT2D eigenvalue weighted by Gasteiger charge is -2.22. The molecule has 33 heavy (non-hydrogen) atoms. The first-order valence-electron chi connectivity index (χ1n) is 11.7. The summed E-state index contributed by atoms with van der Waals surface area (Å²) >= 11 is 0. The number of amides is 2. The SMILES string of the molecule is CC(C)[C@H](NC(=O)[C@H](CC(=O)O)NC(=O)CCCCCCCCCCCNC(=N)N)C(=O)O. The quantitative estimate of drug-likeness (QED) is 0.0837. The number of carbonyl (C=O) groups excluding carboxylic acids is 2. The van der Waals surface area contributed by atoms with Gasteiger partial charge in [0.15, 0.2) is 5.96 Å². The van der Waals surface area contributed by atoms with Gasteiger partial charge in [-0.15, -0.1) is 0 Å². The van der Waals surface area contributed by atoms with Crippen LogP contribution in [0.4, 0.5) is 0 Å². The fourth-order valence-electron chi connectivity index (χ4n) is 3.29. The number of aliphatic carboxylic acids is 2. The molecule has 0 radical (unpaired) electrons. The van der Waals surface area contributed by atoms with E-state index in [1.54, 1.807) is 13.8 Å². The molecule has 8 N–H and O–H groups in total. The summed E-state index contributed by atoms with van der Waals surface area (Å²) in [4.78, 5) is 46.9. The number of nitrogens with two attached hydrogens (primary N) is 1. The van der Waals surface area contributed by atoms with Crippen molar-refractivity contribution in [3.8, 4) is 0 Å². The number of nitrogens with one attached hydrogen (secondary N) is 4. The summed E-state index contributed by atoms with van der Waals surface area (Å²) in [7, 11) is 0. The Kier molecular flexibility index (Phi) is 16.1. The van der Waals surface area contributed by atoms with Crippen molar-refractivity contribution in [2.24, 2.45) is 11.7 Å². The zero-order chi connectivity index (χ0) is 25.2. The van der Waals surface area contributed by atoms with Crippen LogP contribution in [0.1, 0.15) is 84.5 Å². The summed E-state index contributed by atoms with van der Waals surface area (Å²) in [5.41, 5.74) is 5.21. The van der Waals surface area contributed by atoms with Gasteiger partial charge in [0, 0.05) is 13.0 Å². The number of carboxylic acid groups (broad SMARTS) is 2. The second-order valence-corrected chi connectivity index (χ2v) is 8.56. The monoisotopic (exact) mass is 471 g/mol. The van der Waals surface area contributed by atoms with Crippen LogP contribution in [0.3, 0.4) is 0 Å². The topological polar surface area (TPSA) is 195 Å². The van der Waals surface area contributed by atoms with Crippen LogP contribution in [0.15, 0.2) is 0 Å². The molecule has 0 saturated carbocycles. The number of carbonyl (C=O) groups is 4. The fraction of sp³-hybridized carbons (Fsp3) is 0.773. The zero-order valence-electron chi connectivity index (χ0n) is 19.8. The van der Waals surface area contributed by atoms with Crippen LogP contribution in [0.25, 0.3) is 0 Å². The van der Waals surface area contributed by atoms with E-state index in [0.717, 1.165) is 57.9 Å². The highest BCUT2D eigenvalue weighted by molar-refractivity contribution is 5.92. The second-order valence-electron chi connectivity index (χ2n) is 8.56. The van der Waals surface area contributed by atoms with Crippen molar-refractivity contribution >= 4 is 29.7 Å². The predicted octanol–water partition coefficient (Wildman–Crippen LogP) is 1.56. The normalized spacial score (nSPS) is 12.6. The standard InChI is InChI=1S/C22H41N5O6/c1-15(2)19(21(32)33)27-20(31)16(14-18(29)30)26-17(28)12-10-8-6-4-3-5-7-9-11-13-25-22(23)24/h15-16,19H,3-14H2,1-2H3,(H,26,28)(H,27,31)(H,29,30)(H,32,33)(H4,23,24,25)/t16-,19-/m0/s1. The van der Waals surface area contributed by atoms with Crippen LogP contribution in [0.5, 0.6) is 0 Å². The summed E-state index contributed by atoms with van der Waals surface area (Å²) in [5.74, 6) is -4.11. The van der Waals surface area contributed by atoms with E-state index >= 15 is 0 Å². The summed E-state index contributed by atoms with van der Waals surface area (Å²) in [6.07, 6.45) is 8.60. The molecule has 0 aromatic heterocycles. The van der Waals surface area contributed by atoms with Gasteiger partial charge in [-0.1, -0.05) is 58.8 Å². The number of carboxylic acids is 2. The summed E-state index contributed by atoms with van der Waals surface area (Å²) in [6.45, 7) is 3.97. The molecule has 2 amide bonds. The van der Waals surface area contributed by atoms with Gasteiger partial charge in [0.1, 0.15) is 12.1 Å². The first-order valence-corrected chi connectivity index (χ1v) is 11.7. The Hall–Kier alpha value is -2.85. The Morgan fingerprint density at radius 1 is 0.848 bits per heavy atom. The van der Waals surface area contributed by atoms with Gasteiger partial charge in [-0.3, -0.25) is 19.8 Å². The molecule has 11 heteroatoms. The lowest BCUT2D eigenvalue weighted by molar-refractivity contribution is -0.144. The minimum Gasteiger partial charge on any atom is -0.481 e. The molecule has 0 aliphatic heterocycles. The van der Waals surface area contributed by atoms with Crippen LogP contribution in [-0.2, 0) is 19.2 Å². The highest BCUT2D eigenvalue weighted by Gasteiger charge is 2.29. The van der Waals surface area contributed by atoms with Gasteiger partial charge in [-0.2, -0.15) is 0 Å². The van der Waals surface area contributed by atoms with Crippen molar-refractivity contribution in [2.45, 2.75) is 96.6 Å². The lowest BCUT2D eigenvalue weighted by Crippen LogP contribution is -2.53. The van der Waals surface area contributed by atoms with Gasteiger partial charge in [-0.25, -0.2) is 4.79 Å². The molecule has 2 atom stereocenters. The molecule has 0 fully saturated rings. The average molecular weight is 472 g/mol. The third-order valence-corrected chi connectivity index (χ3v) is 5.16. The number of unbranched alkanes of at least 4 members (excludes halogenated alkanes) is 8. The lowest BCUT2D eigenvalue weighted by atomic mass is 10.0. The third-order valence-electron chi connectivity index (χ3n) is 5.16. The van der Waals surface area contributed by atoms with E-state index in [4.69, 9.17) is 16.2 Å². The minimum atomic E-state index is -1.32. The Morgan fingerprint density at radius 2 is 1.36 bits per heavy atom. The molecule has 190 valence electrons. The van der Waals surface area contributed by atoms with E-state index in [0.29, 0.717) is 6.42 Å². The molecule has 0 unspecified atom stereocenters. The van der Waals surface area contributed by atoms with Gasteiger partial charge < -0.3 is 31.9 Å². The maximum atomic E-state index is 12.4.